The van der Waals surface area contributed by atoms with Crippen LogP contribution in [0.4, 0.5) is 29.5 Å². The highest BCUT2D eigenvalue weighted by atomic mass is 32.5. The lowest BCUT2D eigenvalue weighted by Gasteiger charge is -2.40. The molecule has 3 N–H and O–H groups in total. The van der Waals surface area contributed by atoms with E-state index in [-0.39, 0.29) is 46.4 Å². The van der Waals surface area contributed by atoms with Gasteiger partial charge < -0.3 is 20.5 Å². The second-order valence-electron chi connectivity index (χ2n) is 10.8. The van der Waals surface area contributed by atoms with Gasteiger partial charge in [-0.1, -0.05) is 37.6 Å². The first-order valence-corrected chi connectivity index (χ1v) is 15.1. The van der Waals surface area contributed by atoms with Crippen LogP contribution < -0.4 is 15.4 Å². The summed E-state index contributed by atoms with van der Waals surface area (Å²) in [5, 5.41) is 14.3. The molecule has 4 atom stereocenters. The van der Waals surface area contributed by atoms with E-state index in [1.54, 1.807) is 0 Å². The molecule has 0 radical (unpaired) electrons. The summed E-state index contributed by atoms with van der Waals surface area (Å²) in [4.78, 5) is 35.9. The number of fused-ring (bicyclic) bond motifs is 2. The van der Waals surface area contributed by atoms with Crippen LogP contribution in [0.5, 0.6) is 5.75 Å². The average Bonchev–Trinajstić information content (AvgIpc) is 3.54. The molecule has 0 aromatic heterocycles. The number of ether oxygens (including phenoxy) is 1. The minimum atomic E-state index is -9.98. The highest BCUT2D eigenvalue weighted by Gasteiger charge is 2.65. The number of benzene rings is 3. The summed E-state index contributed by atoms with van der Waals surface area (Å²) in [5.74, 6) is -4.61. The number of amides is 2. The molecule has 5 rings (SSSR count). The van der Waals surface area contributed by atoms with E-state index in [0.29, 0.717) is 24.8 Å². The number of aromatic carboxylic acids is 1. The Labute approximate surface area is 242 Å². The van der Waals surface area contributed by atoms with Gasteiger partial charge in [0.2, 0.25) is 5.91 Å². The van der Waals surface area contributed by atoms with Gasteiger partial charge in [-0.15, -0.1) is 0 Å². The van der Waals surface area contributed by atoms with E-state index < -0.39 is 56.4 Å². The summed E-state index contributed by atoms with van der Waals surface area (Å²) < 4.78 is 86.8. The predicted molar refractivity (Wildman–Crippen MR) is 147 cm³/mol. The molecule has 2 fully saturated rings. The fraction of sp³-hybridized carbons (Fsp3) is 0.276. The van der Waals surface area contributed by atoms with E-state index >= 15 is 0 Å². The number of anilines is 1. The Balaban J connectivity index is 1.40. The van der Waals surface area contributed by atoms with E-state index in [4.69, 9.17) is 9.84 Å². The minimum absolute atomic E-state index is 0.00559. The van der Waals surface area contributed by atoms with E-state index in [1.165, 1.54) is 37.4 Å². The van der Waals surface area contributed by atoms with Crippen LogP contribution in [0.3, 0.4) is 0 Å². The maximum absolute atomic E-state index is 15.0. The molecule has 2 bridgehead atoms. The van der Waals surface area contributed by atoms with Crippen molar-refractivity contribution in [2.75, 3.05) is 12.4 Å². The summed E-state index contributed by atoms with van der Waals surface area (Å²) in [6, 6.07) is 9.12. The summed E-state index contributed by atoms with van der Waals surface area (Å²) >= 11 is 0. The van der Waals surface area contributed by atoms with Crippen molar-refractivity contribution in [1.29, 1.82) is 0 Å². The van der Waals surface area contributed by atoms with Gasteiger partial charge in [0.1, 0.15) is 16.5 Å². The lowest BCUT2D eigenvalue weighted by atomic mass is 9.83. The third kappa shape index (κ3) is 6.14. The maximum Gasteiger partial charge on any atom is 0.335 e. The molecule has 0 aliphatic heterocycles. The Hall–Kier alpha value is -4.20. The second-order valence-corrected chi connectivity index (χ2v) is 13.2. The van der Waals surface area contributed by atoms with Crippen molar-refractivity contribution in [2.24, 2.45) is 17.8 Å². The Morgan fingerprint density at radius 1 is 0.930 bits per heavy atom. The Kier molecular flexibility index (Phi) is 6.99. The van der Waals surface area contributed by atoms with Crippen LogP contribution in [0, 0.1) is 23.6 Å². The van der Waals surface area contributed by atoms with Gasteiger partial charge in [0.05, 0.1) is 24.2 Å². The standard InChI is InChI=1S/C29H26F6N2O5S/c1-42-24-14-23(30)21(15-5-7-16(8-6-15)29(40)41)13-22(24)27(38)37-26-18-10-9-17(11-18)25(26)28(39)36-19-3-2-4-20(12-19)43(31,32,33,34)35/h2-8,12-14,17-18,25-26H,9-11H2,1H3,(H,36,39)(H,37,38)(H,40,41)/t17-,18+,25?,26-/m1/s1. The Morgan fingerprint density at radius 3 is 2.23 bits per heavy atom. The van der Waals surface area contributed by atoms with Gasteiger partial charge in [-0.3, -0.25) is 9.59 Å². The quantitative estimate of drug-likeness (QED) is 0.223. The summed E-state index contributed by atoms with van der Waals surface area (Å²) in [6.45, 7) is 0. The maximum atomic E-state index is 15.0. The monoisotopic (exact) mass is 628 g/mol. The molecule has 14 heteroatoms. The zero-order valence-corrected chi connectivity index (χ0v) is 23.3. The Morgan fingerprint density at radius 2 is 1.60 bits per heavy atom. The van der Waals surface area contributed by atoms with Crippen molar-refractivity contribution in [1.82, 2.24) is 5.32 Å². The molecular weight excluding hydrogens is 602 g/mol. The highest BCUT2D eigenvalue weighted by molar-refractivity contribution is 8.45. The third-order valence-electron chi connectivity index (χ3n) is 8.04. The first kappa shape index (κ1) is 30.3. The van der Waals surface area contributed by atoms with Crippen molar-refractivity contribution >= 4 is 33.7 Å². The first-order valence-electron chi connectivity index (χ1n) is 13.1. The number of nitrogens with one attached hydrogen (secondary N) is 2. The van der Waals surface area contributed by atoms with Crippen LogP contribution in [0.2, 0.25) is 0 Å². The topological polar surface area (TPSA) is 105 Å². The number of methoxy groups -OCH3 is 1. The summed E-state index contributed by atoms with van der Waals surface area (Å²) in [5.41, 5.74) is -0.246. The highest BCUT2D eigenvalue weighted by Crippen LogP contribution is 3.02. The van der Waals surface area contributed by atoms with Gasteiger partial charge in [-0.05, 0) is 73.1 Å². The van der Waals surface area contributed by atoms with Crippen LogP contribution >= 0.6 is 10.2 Å². The molecule has 43 heavy (non-hydrogen) atoms. The smallest absolute Gasteiger partial charge is 0.335 e. The molecule has 0 saturated heterocycles. The summed E-state index contributed by atoms with van der Waals surface area (Å²) in [7, 11) is -8.74. The molecule has 3 aromatic rings. The molecule has 3 aromatic carbocycles. The molecule has 230 valence electrons. The largest absolute Gasteiger partial charge is 0.496 e. The number of halogens is 6. The number of carboxylic acids is 1. The zero-order valence-electron chi connectivity index (χ0n) is 22.5. The molecular formula is C29H26F6N2O5S. The molecule has 2 aliphatic carbocycles. The number of hydrogen-bond donors (Lipinski definition) is 3. The van der Waals surface area contributed by atoms with Gasteiger partial charge in [0.15, 0.2) is 0 Å². The fourth-order valence-electron chi connectivity index (χ4n) is 6.06. The summed E-state index contributed by atoms with van der Waals surface area (Å²) in [6.07, 6.45) is 1.88. The van der Waals surface area contributed by atoms with E-state index in [0.717, 1.165) is 18.2 Å². The van der Waals surface area contributed by atoms with Crippen molar-refractivity contribution in [3.05, 3.63) is 77.6 Å². The lowest BCUT2D eigenvalue weighted by Crippen LogP contribution is -2.48. The van der Waals surface area contributed by atoms with Gasteiger partial charge in [-0.2, -0.15) is 0 Å². The molecule has 2 aliphatic rings. The van der Waals surface area contributed by atoms with E-state index in [2.05, 4.69) is 10.6 Å². The van der Waals surface area contributed by atoms with Crippen LogP contribution in [-0.2, 0) is 4.79 Å². The molecule has 7 nitrogen and oxygen atoms in total. The molecule has 2 saturated carbocycles. The van der Waals surface area contributed by atoms with E-state index in [9.17, 15) is 38.2 Å². The Bertz CT molecular complexity index is 1630. The predicted octanol–water partition coefficient (Wildman–Crippen LogP) is 7.64. The van der Waals surface area contributed by atoms with Gasteiger partial charge in [-0.25, -0.2) is 9.18 Å². The van der Waals surface area contributed by atoms with E-state index in [1.807, 2.05) is 0 Å². The van der Waals surface area contributed by atoms with Gasteiger partial charge >= 0.3 is 16.2 Å². The molecule has 1 unspecified atom stereocenters. The fourth-order valence-corrected chi connectivity index (χ4v) is 6.75. The molecule has 0 heterocycles. The van der Waals surface area contributed by atoms with Crippen LogP contribution in [0.25, 0.3) is 11.1 Å². The number of rotatable bonds is 8. The third-order valence-corrected chi connectivity index (χ3v) is 9.19. The normalized spacial score (nSPS) is 22.8. The molecule has 2 amide bonds. The number of hydrogen-bond acceptors (Lipinski definition) is 4. The average molecular weight is 629 g/mol. The van der Waals surface area contributed by atoms with Crippen molar-refractivity contribution < 1.29 is 48.0 Å². The second kappa shape index (κ2) is 9.93. The zero-order chi connectivity index (χ0) is 31.4. The van der Waals surface area contributed by atoms with Crippen molar-refractivity contribution in [3.8, 4) is 16.9 Å². The first-order chi connectivity index (χ1) is 19.9. The van der Waals surface area contributed by atoms with Crippen LogP contribution in [0.15, 0.2) is 65.6 Å². The minimum Gasteiger partial charge on any atom is -0.496 e. The molecule has 0 spiro atoms. The number of carbonyl (C=O) groups is 3. The SMILES string of the molecule is COc1cc(F)c(-c2ccc(C(=O)O)cc2)cc1C(=O)N[C@H]1C(C(=O)Nc2cccc(S(F)(F)(F)(F)F)c2)[C@@H]2CC[C@H]1C2. The number of carboxylic acid groups (broad SMARTS) is 1. The lowest BCUT2D eigenvalue weighted by molar-refractivity contribution is -0.122. The van der Waals surface area contributed by atoms with Gasteiger partial charge in [0, 0.05) is 23.4 Å². The van der Waals surface area contributed by atoms with Crippen LogP contribution in [0.1, 0.15) is 40.0 Å². The van der Waals surface area contributed by atoms with Crippen LogP contribution in [-0.4, -0.2) is 36.0 Å². The number of carbonyl (C=O) groups excluding carboxylic acids is 2. The van der Waals surface area contributed by atoms with Crippen molar-refractivity contribution in [3.63, 3.8) is 0 Å². The van der Waals surface area contributed by atoms with Gasteiger partial charge in [0.25, 0.3) is 5.91 Å². The van der Waals surface area contributed by atoms with Crippen molar-refractivity contribution in [2.45, 2.75) is 30.2 Å².